The van der Waals surface area contributed by atoms with Gasteiger partial charge in [0.1, 0.15) is 11.7 Å². The Hall–Kier alpha value is -2.11. The second-order valence-corrected chi connectivity index (χ2v) is 7.85. The van der Waals surface area contributed by atoms with Crippen molar-refractivity contribution < 1.29 is 19.1 Å². The van der Waals surface area contributed by atoms with Crippen LogP contribution in [0.1, 0.15) is 66.9 Å². The summed E-state index contributed by atoms with van der Waals surface area (Å²) in [6.45, 7) is 0.671. The highest BCUT2D eigenvalue weighted by Gasteiger charge is 2.33. The molecule has 1 aromatic rings. The van der Waals surface area contributed by atoms with Gasteiger partial charge in [0.15, 0.2) is 0 Å². The molecule has 1 unspecified atom stereocenters. The third-order valence-corrected chi connectivity index (χ3v) is 5.35. The van der Waals surface area contributed by atoms with Gasteiger partial charge in [0.2, 0.25) is 5.88 Å². The van der Waals surface area contributed by atoms with Gasteiger partial charge in [-0.25, -0.2) is 9.78 Å². The second-order valence-electron chi connectivity index (χ2n) is 7.85. The third-order valence-electron chi connectivity index (χ3n) is 5.35. The fraction of sp³-hybridized carbons (Fsp3) is 0.650. The Morgan fingerprint density at radius 3 is 2.50 bits per heavy atom. The number of rotatable bonds is 9. The summed E-state index contributed by atoms with van der Waals surface area (Å²) in [5, 5.41) is 2.79. The van der Waals surface area contributed by atoms with E-state index in [0.29, 0.717) is 42.4 Å². The number of nitrogens with one attached hydrogen (secondary N) is 1. The molecule has 1 atom stereocenters. The van der Waals surface area contributed by atoms with Crippen molar-refractivity contribution in [3.05, 3.63) is 23.4 Å². The van der Waals surface area contributed by atoms with Crippen molar-refractivity contribution in [3.63, 3.8) is 0 Å². The van der Waals surface area contributed by atoms with E-state index in [-0.39, 0.29) is 5.91 Å². The molecule has 0 spiro atoms. The van der Waals surface area contributed by atoms with Crippen molar-refractivity contribution in [1.82, 2.24) is 10.3 Å². The summed E-state index contributed by atoms with van der Waals surface area (Å²) in [6.07, 6.45) is 7.57. The molecule has 3 fully saturated rings. The summed E-state index contributed by atoms with van der Waals surface area (Å²) < 4.78 is 10.8. The van der Waals surface area contributed by atoms with Gasteiger partial charge in [-0.1, -0.05) is 18.9 Å². The quantitative estimate of drug-likeness (QED) is 0.687. The molecule has 4 rings (SSSR count). The molecule has 0 radical (unpaired) electrons. The molecule has 3 aliphatic carbocycles. The van der Waals surface area contributed by atoms with Crippen molar-refractivity contribution in [1.29, 1.82) is 0 Å². The molecular weight excluding hydrogens is 332 g/mol. The predicted molar refractivity (Wildman–Crippen MR) is 95.0 cm³/mol. The van der Waals surface area contributed by atoms with Crippen LogP contribution >= 0.6 is 0 Å². The van der Waals surface area contributed by atoms with Crippen molar-refractivity contribution in [3.8, 4) is 5.88 Å². The van der Waals surface area contributed by atoms with E-state index in [9.17, 15) is 9.59 Å². The summed E-state index contributed by atoms with van der Waals surface area (Å²) >= 11 is 0. The summed E-state index contributed by atoms with van der Waals surface area (Å²) in [4.78, 5) is 29.1. The monoisotopic (exact) mass is 358 g/mol. The normalized spacial score (nSPS) is 20.3. The van der Waals surface area contributed by atoms with E-state index in [2.05, 4.69) is 10.3 Å². The van der Waals surface area contributed by atoms with E-state index in [4.69, 9.17) is 9.47 Å². The maximum atomic E-state index is 12.6. The molecule has 1 amide bonds. The van der Waals surface area contributed by atoms with Gasteiger partial charge >= 0.3 is 5.97 Å². The van der Waals surface area contributed by atoms with Crippen molar-refractivity contribution in [2.45, 2.75) is 56.9 Å². The Balaban J connectivity index is 1.46. The van der Waals surface area contributed by atoms with Gasteiger partial charge < -0.3 is 14.8 Å². The number of pyridine rings is 1. The molecule has 26 heavy (non-hydrogen) atoms. The van der Waals surface area contributed by atoms with Crippen LogP contribution in [0.15, 0.2) is 12.1 Å². The number of amides is 1. The number of aromatic nitrogens is 1. The molecule has 0 saturated heterocycles. The standard InChI is InChI=1S/C20H26N2O4/c1-25-20(24)17(10-12-2-3-12)21-18(23)16-9-8-15(14-6-7-14)19(22-16)26-11-13-4-5-13/h8-9,12-14,17H,2-7,10-11H2,1H3,(H,21,23). The summed E-state index contributed by atoms with van der Waals surface area (Å²) in [5.74, 6) is 1.48. The van der Waals surface area contributed by atoms with E-state index in [0.717, 1.165) is 31.2 Å². The zero-order valence-corrected chi connectivity index (χ0v) is 15.2. The molecule has 3 aliphatic rings. The topological polar surface area (TPSA) is 77.5 Å². The highest BCUT2D eigenvalue weighted by Crippen LogP contribution is 2.44. The highest BCUT2D eigenvalue weighted by atomic mass is 16.5. The molecule has 1 N–H and O–H groups in total. The average Bonchev–Trinajstić information content (AvgIpc) is 3.48. The zero-order valence-electron chi connectivity index (χ0n) is 15.2. The minimum atomic E-state index is -0.610. The van der Waals surface area contributed by atoms with Crippen LogP contribution in [0.2, 0.25) is 0 Å². The number of carbonyl (C=O) groups excluding carboxylic acids is 2. The fourth-order valence-electron chi connectivity index (χ4n) is 3.16. The molecule has 140 valence electrons. The molecule has 3 saturated carbocycles. The first-order valence-corrected chi connectivity index (χ1v) is 9.66. The van der Waals surface area contributed by atoms with Gasteiger partial charge in [0, 0.05) is 5.56 Å². The van der Waals surface area contributed by atoms with Crippen LogP contribution in [0.25, 0.3) is 0 Å². The number of esters is 1. The number of ether oxygens (including phenoxy) is 2. The van der Waals surface area contributed by atoms with E-state index < -0.39 is 12.0 Å². The zero-order chi connectivity index (χ0) is 18.1. The Kier molecular flexibility index (Phi) is 4.83. The first kappa shape index (κ1) is 17.3. The predicted octanol–water partition coefficient (Wildman–Crippen LogP) is 2.82. The van der Waals surface area contributed by atoms with E-state index in [1.54, 1.807) is 6.07 Å². The molecule has 1 aromatic heterocycles. The van der Waals surface area contributed by atoms with E-state index in [1.165, 1.54) is 20.0 Å². The van der Waals surface area contributed by atoms with Crippen LogP contribution in [0.5, 0.6) is 5.88 Å². The lowest BCUT2D eigenvalue weighted by Gasteiger charge is -2.17. The van der Waals surface area contributed by atoms with Gasteiger partial charge in [0.25, 0.3) is 5.91 Å². The lowest BCUT2D eigenvalue weighted by atomic mass is 10.1. The van der Waals surface area contributed by atoms with Gasteiger partial charge in [-0.05, 0) is 55.9 Å². The summed E-state index contributed by atoms with van der Waals surface area (Å²) in [6, 6.07) is 3.08. The summed E-state index contributed by atoms with van der Waals surface area (Å²) in [5.41, 5.74) is 1.40. The Morgan fingerprint density at radius 2 is 1.88 bits per heavy atom. The number of hydrogen-bond acceptors (Lipinski definition) is 5. The molecule has 6 heteroatoms. The Labute approximate surface area is 153 Å². The van der Waals surface area contributed by atoms with Gasteiger partial charge in [-0.3, -0.25) is 4.79 Å². The number of carbonyl (C=O) groups is 2. The third kappa shape index (κ3) is 4.34. The molecule has 1 heterocycles. The fourth-order valence-corrected chi connectivity index (χ4v) is 3.16. The van der Waals surface area contributed by atoms with Crippen LogP contribution in [0, 0.1) is 11.8 Å². The molecule has 6 nitrogen and oxygen atoms in total. The average molecular weight is 358 g/mol. The SMILES string of the molecule is COC(=O)C(CC1CC1)NC(=O)c1ccc(C2CC2)c(OCC2CC2)n1. The van der Waals surface area contributed by atoms with Crippen LogP contribution in [0.3, 0.4) is 0 Å². The molecular formula is C20H26N2O4. The van der Waals surface area contributed by atoms with Crippen LogP contribution in [0.4, 0.5) is 0 Å². The first-order valence-electron chi connectivity index (χ1n) is 9.66. The van der Waals surface area contributed by atoms with Gasteiger partial charge in [0.05, 0.1) is 13.7 Å². The lowest BCUT2D eigenvalue weighted by Crippen LogP contribution is -2.42. The van der Waals surface area contributed by atoms with Crippen LogP contribution < -0.4 is 10.1 Å². The van der Waals surface area contributed by atoms with Gasteiger partial charge in [-0.2, -0.15) is 0 Å². The lowest BCUT2D eigenvalue weighted by molar-refractivity contribution is -0.143. The number of nitrogens with zero attached hydrogens (tertiary/aromatic N) is 1. The first-order chi connectivity index (χ1) is 12.6. The van der Waals surface area contributed by atoms with E-state index in [1.807, 2.05) is 6.07 Å². The summed E-state index contributed by atoms with van der Waals surface area (Å²) in [7, 11) is 1.35. The second kappa shape index (κ2) is 7.25. The van der Waals surface area contributed by atoms with Crippen LogP contribution in [-0.2, 0) is 9.53 Å². The molecule has 0 bridgehead atoms. The minimum Gasteiger partial charge on any atom is -0.477 e. The highest BCUT2D eigenvalue weighted by molar-refractivity contribution is 5.95. The maximum Gasteiger partial charge on any atom is 0.328 e. The van der Waals surface area contributed by atoms with Crippen molar-refractivity contribution in [2.75, 3.05) is 13.7 Å². The number of hydrogen-bond donors (Lipinski definition) is 1. The molecule has 0 aliphatic heterocycles. The maximum absolute atomic E-state index is 12.6. The molecule has 0 aromatic carbocycles. The smallest absolute Gasteiger partial charge is 0.328 e. The Bertz CT molecular complexity index is 693. The van der Waals surface area contributed by atoms with E-state index >= 15 is 0 Å². The van der Waals surface area contributed by atoms with Crippen molar-refractivity contribution in [2.24, 2.45) is 11.8 Å². The van der Waals surface area contributed by atoms with Crippen molar-refractivity contribution >= 4 is 11.9 Å². The largest absolute Gasteiger partial charge is 0.477 e. The van der Waals surface area contributed by atoms with Crippen LogP contribution in [-0.4, -0.2) is 36.6 Å². The minimum absolute atomic E-state index is 0.296. The number of methoxy groups -OCH3 is 1. The van der Waals surface area contributed by atoms with Gasteiger partial charge in [-0.15, -0.1) is 0 Å². The Morgan fingerprint density at radius 1 is 1.15 bits per heavy atom.